The summed E-state index contributed by atoms with van der Waals surface area (Å²) in [5, 5.41) is 3.37. The van der Waals surface area contributed by atoms with Crippen molar-refractivity contribution in [2.75, 3.05) is 30.0 Å². The number of halogens is 1. The van der Waals surface area contributed by atoms with Crippen molar-refractivity contribution in [3.8, 4) is 0 Å². The first-order valence-electron chi connectivity index (χ1n) is 7.69. The Morgan fingerprint density at radius 3 is 2.86 bits per heavy atom. The Morgan fingerprint density at radius 1 is 1.45 bits per heavy atom. The molecule has 22 heavy (non-hydrogen) atoms. The Labute approximate surface area is 132 Å². The summed E-state index contributed by atoms with van der Waals surface area (Å²) in [5.41, 5.74) is 1.68. The molecule has 0 spiro atoms. The fourth-order valence-corrected chi connectivity index (χ4v) is 4.11. The van der Waals surface area contributed by atoms with E-state index in [-0.39, 0.29) is 23.7 Å². The summed E-state index contributed by atoms with van der Waals surface area (Å²) in [6, 6.07) is 5.24. The van der Waals surface area contributed by atoms with Crippen LogP contribution < -0.4 is 10.2 Å². The minimum atomic E-state index is -2.99. The number of nitrogens with one attached hydrogen (secondary N) is 1. The zero-order valence-corrected chi connectivity index (χ0v) is 14.3. The average Bonchev–Trinajstić information content (AvgIpc) is 2.39. The third-order valence-electron chi connectivity index (χ3n) is 3.94. The molecule has 2 atom stereocenters. The molecule has 1 aromatic rings. The van der Waals surface area contributed by atoms with Gasteiger partial charge in [0.15, 0.2) is 0 Å². The smallest absolute Gasteiger partial charge is 0.148 e. The van der Waals surface area contributed by atoms with E-state index in [0.29, 0.717) is 12.2 Å². The molecule has 0 amide bonds. The van der Waals surface area contributed by atoms with Crippen LogP contribution in [0.5, 0.6) is 0 Å². The van der Waals surface area contributed by atoms with Crippen molar-refractivity contribution in [2.24, 2.45) is 0 Å². The topological polar surface area (TPSA) is 49.4 Å². The van der Waals surface area contributed by atoms with Crippen LogP contribution in [0.25, 0.3) is 0 Å². The van der Waals surface area contributed by atoms with Gasteiger partial charge in [0.05, 0.1) is 11.4 Å². The molecule has 124 valence electrons. The van der Waals surface area contributed by atoms with Gasteiger partial charge in [0.25, 0.3) is 0 Å². The second-order valence-corrected chi connectivity index (χ2v) is 8.59. The van der Waals surface area contributed by atoms with Crippen LogP contribution in [0.2, 0.25) is 0 Å². The van der Waals surface area contributed by atoms with Crippen molar-refractivity contribution in [3.05, 3.63) is 29.6 Å². The third kappa shape index (κ3) is 4.95. The first-order chi connectivity index (χ1) is 10.2. The average molecular weight is 328 g/mol. The molecule has 0 radical (unpaired) electrons. The Bertz CT molecular complexity index is 619. The van der Waals surface area contributed by atoms with E-state index >= 15 is 0 Å². The second-order valence-electron chi connectivity index (χ2n) is 6.40. The summed E-state index contributed by atoms with van der Waals surface area (Å²) < 4.78 is 36.7. The molecular formula is C16H25FN2O2S. The summed E-state index contributed by atoms with van der Waals surface area (Å²) in [5.74, 6) is -0.0714. The van der Waals surface area contributed by atoms with Crippen LogP contribution in [-0.2, 0) is 9.84 Å². The minimum Gasteiger partial charge on any atom is -0.368 e. The van der Waals surface area contributed by atoms with E-state index in [9.17, 15) is 12.8 Å². The zero-order chi connectivity index (χ0) is 16.3. The highest BCUT2D eigenvalue weighted by Gasteiger charge is 2.24. The Balaban J connectivity index is 2.01. The number of hydrogen-bond donors (Lipinski definition) is 1. The first-order valence-corrected chi connectivity index (χ1v) is 9.75. The molecular weight excluding hydrogens is 303 g/mol. The normalized spacial score (nSPS) is 20.9. The molecule has 1 aromatic carbocycles. The van der Waals surface area contributed by atoms with Gasteiger partial charge in [-0.2, -0.15) is 0 Å². The first kappa shape index (κ1) is 17.2. The molecule has 0 bridgehead atoms. The lowest BCUT2D eigenvalue weighted by atomic mass is 10.0. The molecule has 1 aliphatic rings. The fraction of sp³-hybridized carbons (Fsp3) is 0.625. The summed E-state index contributed by atoms with van der Waals surface area (Å²) in [4.78, 5) is 2.05. The number of rotatable bonds is 5. The van der Waals surface area contributed by atoms with Crippen LogP contribution >= 0.6 is 0 Å². The Morgan fingerprint density at radius 2 is 2.18 bits per heavy atom. The van der Waals surface area contributed by atoms with Crippen LogP contribution in [0.3, 0.4) is 0 Å². The molecule has 0 unspecified atom stereocenters. The zero-order valence-electron chi connectivity index (χ0n) is 13.5. The molecule has 1 aliphatic heterocycles. The fourth-order valence-electron chi connectivity index (χ4n) is 3.10. The van der Waals surface area contributed by atoms with Crippen molar-refractivity contribution in [3.63, 3.8) is 0 Å². The van der Waals surface area contributed by atoms with Gasteiger partial charge in [0, 0.05) is 31.4 Å². The minimum absolute atomic E-state index is 0.0951. The molecule has 4 nitrogen and oxygen atoms in total. The van der Waals surface area contributed by atoms with E-state index in [1.165, 1.54) is 12.3 Å². The standard InChI is InChI=1S/C16H25FN2O2S/c1-12-6-7-15(17)16(9-12)19-8-4-5-14(10-19)18-13(2)11-22(3,20)21/h6-7,9,13-14,18H,4-5,8,10-11H2,1-3H3/t13-,14-/m0/s1. The van der Waals surface area contributed by atoms with Crippen molar-refractivity contribution in [1.29, 1.82) is 0 Å². The van der Waals surface area contributed by atoms with Gasteiger partial charge in [-0.05, 0) is 44.4 Å². The second kappa shape index (κ2) is 6.96. The van der Waals surface area contributed by atoms with Gasteiger partial charge in [0.1, 0.15) is 15.7 Å². The van der Waals surface area contributed by atoms with Crippen LogP contribution in [0.15, 0.2) is 18.2 Å². The molecule has 1 saturated heterocycles. The number of nitrogens with zero attached hydrogens (tertiary/aromatic N) is 1. The van der Waals surface area contributed by atoms with E-state index in [1.54, 1.807) is 6.07 Å². The number of benzene rings is 1. The number of anilines is 1. The quantitative estimate of drug-likeness (QED) is 0.899. The van der Waals surface area contributed by atoms with Gasteiger partial charge in [-0.3, -0.25) is 0 Å². The van der Waals surface area contributed by atoms with Crippen LogP contribution in [0.1, 0.15) is 25.3 Å². The predicted molar refractivity (Wildman–Crippen MR) is 88.7 cm³/mol. The number of piperidine rings is 1. The predicted octanol–water partition coefficient (Wildman–Crippen LogP) is 2.13. The van der Waals surface area contributed by atoms with E-state index in [1.807, 2.05) is 19.9 Å². The Hall–Kier alpha value is -1.14. The highest BCUT2D eigenvalue weighted by atomic mass is 32.2. The summed E-state index contributed by atoms with van der Waals surface area (Å²) in [6.45, 7) is 5.37. The van der Waals surface area contributed by atoms with Gasteiger partial charge in [-0.15, -0.1) is 0 Å². The summed E-state index contributed by atoms with van der Waals surface area (Å²) in [7, 11) is -2.99. The molecule has 1 heterocycles. The van der Waals surface area contributed by atoms with Crippen LogP contribution in [0.4, 0.5) is 10.1 Å². The van der Waals surface area contributed by atoms with E-state index in [4.69, 9.17) is 0 Å². The van der Waals surface area contributed by atoms with E-state index < -0.39 is 9.84 Å². The lowest BCUT2D eigenvalue weighted by molar-refractivity contribution is 0.392. The van der Waals surface area contributed by atoms with Gasteiger partial charge in [-0.25, -0.2) is 12.8 Å². The molecule has 6 heteroatoms. The molecule has 1 fully saturated rings. The number of aryl methyl sites for hydroxylation is 1. The molecule has 2 rings (SSSR count). The molecule has 0 aromatic heterocycles. The van der Waals surface area contributed by atoms with Gasteiger partial charge in [0.2, 0.25) is 0 Å². The maximum absolute atomic E-state index is 14.0. The highest BCUT2D eigenvalue weighted by molar-refractivity contribution is 7.90. The molecule has 0 saturated carbocycles. The molecule has 1 N–H and O–H groups in total. The van der Waals surface area contributed by atoms with Crippen molar-refractivity contribution < 1.29 is 12.8 Å². The van der Waals surface area contributed by atoms with E-state index in [2.05, 4.69) is 10.2 Å². The lowest BCUT2D eigenvalue weighted by Crippen LogP contribution is -2.50. The highest BCUT2D eigenvalue weighted by Crippen LogP contribution is 2.24. The SMILES string of the molecule is Cc1ccc(F)c(N2CCC[C@H](N[C@@H](C)CS(C)(=O)=O)C2)c1. The van der Waals surface area contributed by atoms with Crippen molar-refractivity contribution in [1.82, 2.24) is 5.32 Å². The summed E-state index contributed by atoms with van der Waals surface area (Å²) >= 11 is 0. The number of hydrogen-bond acceptors (Lipinski definition) is 4. The largest absolute Gasteiger partial charge is 0.368 e. The van der Waals surface area contributed by atoms with Gasteiger partial charge in [-0.1, -0.05) is 6.07 Å². The van der Waals surface area contributed by atoms with E-state index in [0.717, 1.165) is 24.9 Å². The van der Waals surface area contributed by atoms with Gasteiger partial charge < -0.3 is 10.2 Å². The lowest BCUT2D eigenvalue weighted by Gasteiger charge is -2.36. The van der Waals surface area contributed by atoms with Crippen molar-refractivity contribution >= 4 is 15.5 Å². The Kier molecular flexibility index (Phi) is 5.45. The van der Waals surface area contributed by atoms with Gasteiger partial charge >= 0.3 is 0 Å². The maximum atomic E-state index is 14.0. The summed E-state index contributed by atoms with van der Waals surface area (Å²) in [6.07, 6.45) is 3.20. The molecule has 0 aliphatic carbocycles. The van der Waals surface area contributed by atoms with Crippen molar-refractivity contribution in [2.45, 2.75) is 38.8 Å². The van der Waals surface area contributed by atoms with Crippen LogP contribution in [0, 0.1) is 12.7 Å². The number of sulfone groups is 1. The maximum Gasteiger partial charge on any atom is 0.148 e. The van der Waals surface area contributed by atoms with Crippen LogP contribution in [-0.4, -0.2) is 45.6 Å². The third-order valence-corrected chi connectivity index (χ3v) is 5.04. The monoisotopic (exact) mass is 328 g/mol.